The normalized spacial score (nSPS) is 11.3. The van der Waals surface area contributed by atoms with E-state index >= 15 is 0 Å². The van der Waals surface area contributed by atoms with Gasteiger partial charge in [0.2, 0.25) is 10.0 Å². The van der Waals surface area contributed by atoms with Gasteiger partial charge in [-0.15, -0.1) is 17.9 Å². The molecule has 1 heterocycles. The predicted octanol–water partition coefficient (Wildman–Crippen LogP) is 4.11. The second kappa shape index (κ2) is 8.82. The number of aromatic nitrogens is 1. The number of benzene rings is 2. The van der Waals surface area contributed by atoms with E-state index in [9.17, 15) is 22.0 Å². The molecule has 3 aromatic rings. The molecular formula is C20H17F2N3O3S2. The molecule has 0 saturated carbocycles. The second-order valence-electron chi connectivity index (χ2n) is 6.18. The highest BCUT2D eigenvalue weighted by molar-refractivity contribution is 7.89. The number of carbonyl (C=O) groups is 1. The summed E-state index contributed by atoms with van der Waals surface area (Å²) < 4.78 is 53.5. The Hall–Kier alpha value is -2.95. The van der Waals surface area contributed by atoms with E-state index in [0.717, 1.165) is 23.5 Å². The molecule has 156 valence electrons. The number of nitrogens with one attached hydrogen (secondary N) is 2. The van der Waals surface area contributed by atoms with Gasteiger partial charge < -0.3 is 0 Å². The Kier molecular flexibility index (Phi) is 6.40. The summed E-state index contributed by atoms with van der Waals surface area (Å²) in [6, 6.07) is 8.99. The summed E-state index contributed by atoms with van der Waals surface area (Å²) >= 11 is 1.16. The summed E-state index contributed by atoms with van der Waals surface area (Å²) in [5.41, 5.74) is 0.919. The number of hydrogen-bond donors (Lipinski definition) is 2. The van der Waals surface area contributed by atoms with Gasteiger partial charge >= 0.3 is 0 Å². The molecule has 30 heavy (non-hydrogen) atoms. The number of rotatable bonds is 7. The smallest absolute Gasteiger partial charge is 0.257 e. The summed E-state index contributed by atoms with van der Waals surface area (Å²) in [5, 5.41) is 2.85. The van der Waals surface area contributed by atoms with Crippen LogP contribution in [0.15, 0.2) is 60.0 Å². The molecule has 0 aliphatic rings. The first kappa shape index (κ1) is 21.8. The van der Waals surface area contributed by atoms with Gasteiger partial charge in [-0.3, -0.25) is 10.1 Å². The predicted molar refractivity (Wildman–Crippen MR) is 112 cm³/mol. The number of anilines is 1. The van der Waals surface area contributed by atoms with Crippen molar-refractivity contribution in [2.75, 3.05) is 11.9 Å². The van der Waals surface area contributed by atoms with E-state index in [4.69, 9.17) is 0 Å². The number of carbonyl (C=O) groups excluding carboxylic acids is 1. The molecule has 0 spiro atoms. The quantitative estimate of drug-likeness (QED) is 0.532. The average Bonchev–Trinajstić information content (AvgIpc) is 3.08. The van der Waals surface area contributed by atoms with Gasteiger partial charge in [0.05, 0.1) is 10.6 Å². The van der Waals surface area contributed by atoms with Crippen molar-refractivity contribution in [3.8, 4) is 11.3 Å². The van der Waals surface area contributed by atoms with Crippen LogP contribution in [0.3, 0.4) is 0 Å². The van der Waals surface area contributed by atoms with Crippen molar-refractivity contribution in [1.29, 1.82) is 0 Å². The third-order valence-electron chi connectivity index (χ3n) is 4.03. The van der Waals surface area contributed by atoms with Crippen LogP contribution in [0.5, 0.6) is 0 Å². The van der Waals surface area contributed by atoms with E-state index in [1.54, 1.807) is 6.92 Å². The molecular weight excluding hydrogens is 432 g/mol. The van der Waals surface area contributed by atoms with Gasteiger partial charge in [0.25, 0.3) is 5.91 Å². The molecule has 2 aromatic carbocycles. The molecule has 0 fully saturated rings. The Labute approximate surface area is 176 Å². The molecule has 0 atom stereocenters. The van der Waals surface area contributed by atoms with E-state index in [0.29, 0.717) is 16.1 Å². The summed E-state index contributed by atoms with van der Waals surface area (Å²) in [7, 11) is -3.78. The molecule has 0 radical (unpaired) electrons. The summed E-state index contributed by atoms with van der Waals surface area (Å²) in [6.07, 6.45) is 1.41. The molecule has 0 bridgehead atoms. The first-order valence-electron chi connectivity index (χ1n) is 8.66. The number of amides is 1. The molecule has 2 N–H and O–H groups in total. The van der Waals surface area contributed by atoms with Crippen molar-refractivity contribution in [1.82, 2.24) is 9.71 Å². The fraction of sp³-hybridized carbons (Fsp3) is 0.100. The van der Waals surface area contributed by atoms with E-state index in [-0.39, 0.29) is 22.1 Å². The van der Waals surface area contributed by atoms with Gasteiger partial charge in [0, 0.05) is 22.5 Å². The number of sulfonamides is 1. The van der Waals surface area contributed by atoms with Crippen molar-refractivity contribution >= 4 is 32.4 Å². The first-order valence-corrected chi connectivity index (χ1v) is 11.0. The van der Waals surface area contributed by atoms with Crippen LogP contribution in [0.2, 0.25) is 0 Å². The maximum Gasteiger partial charge on any atom is 0.257 e. The summed E-state index contributed by atoms with van der Waals surface area (Å²) in [5.74, 6) is -2.51. The maximum atomic E-state index is 13.5. The van der Waals surface area contributed by atoms with Crippen LogP contribution in [0, 0.1) is 18.6 Å². The van der Waals surface area contributed by atoms with E-state index in [1.165, 1.54) is 36.4 Å². The highest BCUT2D eigenvalue weighted by Gasteiger charge is 2.18. The number of halogens is 2. The molecule has 1 amide bonds. The van der Waals surface area contributed by atoms with Gasteiger partial charge in [-0.2, -0.15) is 0 Å². The first-order chi connectivity index (χ1) is 14.2. The molecule has 6 nitrogen and oxygen atoms in total. The average molecular weight is 450 g/mol. The molecule has 0 saturated heterocycles. The molecule has 0 aliphatic carbocycles. The third kappa shape index (κ3) is 4.78. The highest BCUT2D eigenvalue weighted by atomic mass is 32.2. The minimum Gasteiger partial charge on any atom is -0.298 e. The van der Waals surface area contributed by atoms with Crippen molar-refractivity contribution in [3.63, 3.8) is 0 Å². The minimum atomic E-state index is -3.78. The molecule has 3 rings (SSSR count). The zero-order valence-corrected chi connectivity index (χ0v) is 17.4. The number of aryl methyl sites for hydroxylation is 1. The zero-order valence-electron chi connectivity index (χ0n) is 15.8. The van der Waals surface area contributed by atoms with Gasteiger partial charge in [-0.05, 0) is 43.3 Å². The Bertz CT molecular complexity index is 1220. The lowest BCUT2D eigenvalue weighted by molar-refractivity contribution is 0.102. The van der Waals surface area contributed by atoms with Crippen LogP contribution in [0.4, 0.5) is 13.9 Å². The van der Waals surface area contributed by atoms with E-state index < -0.39 is 27.6 Å². The zero-order chi connectivity index (χ0) is 21.9. The highest BCUT2D eigenvalue weighted by Crippen LogP contribution is 2.31. The van der Waals surface area contributed by atoms with Crippen LogP contribution < -0.4 is 10.0 Å². The topological polar surface area (TPSA) is 88.2 Å². The maximum absolute atomic E-state index is 13.5. The number of thiazole rings is 1. The SMILES string of the molecule is C=CCNS(=O)(=O)c1cccc(C(=O)Nc2nc(-c3ccc(F)c(F)c3)c(C)s2)c1. The van der Waals surface area contributed by atoms with Crippen LogP contribution >= 0.6 is 11.3 Å². The lowest BCUT2D eigenvalue weighted by Gasteiger charge is -2.07. The molecule has 1 aromatic heterocycles. The van der Waals surface area contributed by atoms with E-state index in [1.807, 2.05) is 0 Å². The lowest BCUT2D eigenvalue weighted by Crippen LogP contribution is -2.24. The Morgan fingerprint density at radius 2 is 1.97 bits per heavy atom. The Balaban J connectivity index is 1.82. The Morgan fingerprint density at radius 3 is 2.67 bits per heavy atom. The van der Waals surface area contributed by atoms with Crippen molar-refractivity contribution in [2.45, 2.75) is 11.8 Å². The van der Waals surface area contributed by atoms with Gasteiger partial charge in [-0.1, -0.05) is 12.1 Å². The minimum absolute atomic E-state index is 0.0594. The standard InChI is InChI=1S/C20H17F2N3O3S2/c1-3-9-23-30(27,28)15-6-4-5-14(10-15)19(26)25-20-24-18(12(2)29-20)13-7-8-16(21)17(22)11-13/h3-8,10-11,23H,1,9H2,2H3,(H,24,25,26). The summed E-state index contributed by atoms with van der Waals surface area (Å²) in [4.78, 5) is 17.5. The van der Waals surface area contributed by atoms with Gasteiger partial charge in [0.15, 0.2) is 16.8 Å². The fourth-order valence-electron chi connectivity index (χ4n) is 2.59. The van der Waals surface area contributed by atoms with Gasteiger partial charge in [0.1, 0.15) is 0 Å². The third-order valence-corrected chi connectivity index (χ3v) is 6.34. The van der Waals surface area contributed by atoms with Crippen LogP contribution in [-0.2, 0) is 10.0 Å². The van der Waals surface area contributed by atoms with Gasteiger partial charge in [-0.25, -0.2) is 26.9 Å². The van der Waals surface area contributed by atoms with Crippen LogP contribution in [-0.4, -0.2) is 25.9 Å². The van der Waals surface area contributed by atoms with Crippen molar-refractivity contribution in [2.24, 2.45) is 0 Å². The summed E-state index contributed by atoms with van der Waals surface area (Å²) in [6.45, 7) is 5.25. The van der Waals surface area contributed by atoms with Crippen molar-refractivity contribution < 1.29 is 22.0 Å². The van der Waals surface area contributed by atoms with Crippen LogP contribution in [0.1, 0.15) is 15.2 Å². The van der Waals surface area contributed by atoms with Crippen molar-refractivity contribution in [3.05, 3.63) is 77.2 Å². The molecule has 0 aliphatic heterocycles. The number of hydrogen-bond acceptors (Lipinski definition) is 5. The fourth-order valence-corrected chi connectivity index (χ4v) is 4.46. The lowest BCUT2D eigenvalue weighted by atomic mass is 10.1. The number of nitrogens with zero attached hydrogens (tertiary/aromatic N) is 1. The Morgan fingerprint density at radius 1 is 1.20 bits per heavy atom. The second-order valence-corrected chi connectivity index (χ2v) is 9.15. The van der Waals surface area contributed by atoms with Crippen LogP contribution in [0.25, 0.3) is 11.3 Å². The largest absolute Gasteiger partial charge is 0.298 e. The monoisotopic (exact) mass is 449 g/mol. The van der Waals surface area contributed by atoms with E-state index in [2.05, 4.69) is 21.6 Å². The molecule has 0 unspecified atom stereocenters. The molecule has 10 heteroatoms.